The molecule has 1 saturated heterocycles. The molecule has 0 aliphatic carbocycles. The van der Waals surface area contributed by atoms with Gasteiger partial charge < -0.3 is 10.2 Å². The fraction of sp³-hybridized carbons (Fsp3) is 1.00. The first-order valence-electron chi connectivity index (χ1n) is 5.95. The molecule has 0 unspecified atom stereocenters. The molecule has 14 heavy (non-hydrogen) atoms. The Kier molecular flexibility index (Phi) is 5.45. The van der Waals surface area contributed by atoms with Crippen LogP contribution < -0.4 is 5.32 Å². The Morgan fingerprint density at radius 2 is 2.07 bits per heavy atom. The standard InChI is InChI=1S/C11H25N3/c1-4-13(5-2)8-9-14-7-6-12-10-11(14)3/h11-12H,4-10H2,1-3H3/t11-/m0/s1. The van der Waals surface area contributed by atoms with Gasteiger partial charge in [-0.3, -0.25) is 4.90 Å². The molecule has 1 N–H and O–H groups in total. The summed E-state index contributed by atoms with van der Waals surface area (Å²) in [7, 11) is 0. The summed E-state index contributed by atoms with van der Waals surface area (Å²) in [5, 5.41) is 3.42. The van der Waals surface area contributed by atoms with E-state index in [1.807, 2.05) is 0 Å². The van der Waals surface area contributed by atoms with Crippen LogP contribution in [-0.4, -0.2) is 61.7 Å². The van der Waals surface area contributed by atoms with Crippen LogP contribution in [-0.2, 0) is 0 Å². The van der Waals surface area contributed by atoms with Crippen LogP contribution in [0.5, 0.6) is 0 Å². The zero-order valence-electron chi connectivity index (χ0n) is 9.92. The zero-order chi connectivity index (χ0) is 10.4. The second-order valence-electron chi connectivity index (χ2n) is 4.12. The lowest BCUT2D eigenvalue weighted by Crippen LogP contribution is -2.51. The molecule has 0 bridgehead atoms. The molecule has 3 nitrogen and oxygen atoms in total. The van der Waals surface area contributed by atoms with E-state index in [4.69, 9.17) is 0 Å². The van der Waals surface area contributed by atoms with Crippen LogP contribution in [0.25, 0.3) is 0 Å². The Hall–Kier alpha value is -0.120. The summed E-state index contributed by atoms with van der Waals surface area (Å²) in [6, 6.07) is 0.708. The summed E-state index contributed by atoms with van der Waals surface area (Å²) in [5.74, 6) is 0. The molecule has 0 aromatic heterocycles. The lowest BCUT2D eigenvalue weighted by atomic mass is 10.2. The van der Waals surface area contributed by atoms with Crippen LogP contribution in [0, 0.1) is 0 Å². The highest BCUT2D eigenvalue weighted by Gasteiger charge is 2.17. The third-order valence-corrected chi connectivity index (χ3v) is 3.24. The van der Waals surface area contributed by atoms with Crippen molar-refractivity contribution in [2.24, 2.45) is 0 Å². The lowest BCUT2D eigenvalue weighted by Gasteiger charge is -2.35. The van der Waals surface area contributed by atoms with E-state index < -0.39 is 0 Å². The van der Waals surface area contributed by atoms with Crippen LogP contribution in [0.15, 0.2) is 0 Å². The summed E-state index contributed by atoms with van der Waals surface area (Å²) in [6.07, 6.45) is 0. The first kappa shape index (κ1) is 12.0. The summed E-state index contributed by atoms with van der Waals surface area (Å²) in [6.45, 7) is 15.1. The van der Waals surface area contributed by atoms with Gasteiger partial charge >= 0.3 is 0 Å². The largest absolute Gasteiger partial charge is 0.314 e. The maximum atomic E-state index is 3.42. The number of hydrogen-bond donors (Lipinski definition) is 1. The van der Waals surface area contributed by atoms with E-state index in [0.717, 1.165) is 13.1 Å². The molecule has 1 heterocycles. The van der Waals surface area contributed by atoms with Crippen molar-refractivity contribution in [2.45, 2.75) is 26.8 Å². The first-order valence-corrected chi connectivity index (χ1v) is 5.95. The van der Waals surface area contributed by atoms with Gasteiger partial charge in [-0.15, -0.1) is 0 Å². The SMILES string of the molecule is CCN(CC)CCN1CCNC[C@@H]1C. The molecule has 3 heteroatoms. The highest BCUT2D eigenvalue weighted by molar-refractivity contribution is 4.76. The maximum Gasteiger partial charge on any atom is 0.0193 e. The van der Waals surface area contributed by atoms with Crippen molar-refractivity contribution in [3.8, 4) is 0 Å². The predicted octanol–water partition coefficient (Wildman–Crippen LogP) is 0.622. The molecule has 1 aliphatic rings. The van der Waals surface area contributed by atoms with Crippen LogP contribution in [0.3, 0.4) is 0 Å². The van der Waals surface area contributed by atoms with Crippen molar-refractivity contribution in [1.29, 1.82) is 0 Å². The van der Waals surface area contributed by atoms with Gasteiger partial charge in [0.15, 0.2) is 0 Å². The number of hydrogen-bond acceptors (Lipinski definition) is 3. The smallest absolute Gasteiger partial charge is 0.0193 e. The summed E-state index contributed by atoms with van der Waals surface area (Å²) in [5.41, 5.74) is 0. The number of piperazine rings is 1. The van der Waals surface area contributed by atoms with E-state index in [1.165, 1.54) is 32.7 Å². The van der Waals surface area contributed by atoms with Gasteiger partial charge in [-0.05, 0) is 20.0 Å². The predicted molar refractivity (Wildman–Crippen MR) is 61.7 cm³/mol. The molecule has 0 spiro atoms. The van der Waals surface area contributed by atoms with Crippen molar-refractivity contribution in [3.05, 3.63) is 0 Å². The molecule has 1 fully saturated rings. The van der Waals surface area contributed by atoms with Crippen LogP contribution in [0.4, 0.5) is 0 Å². The quantitative estimate of drug-likeness (QED) is 0.700. The van der Waals surface area contributed by atoms with Gasteiger partial charge in [-0.25, -0.2) is 0 Å². The molecule has 0 aromatic rings. The normalized spacial score (nSPS) is 24.4. The van der Waals surface area contributed by atoms with Crippen molar-refractivity contribution in [2.75, 3.05) is 45.8 Å². The minimum absolute atomic E-state index is 0.708. The molecule has 0 amide bonds. The van der Waals surface area contributed by atoms with Crippen LogP contribution in [0.2, 0.25) is 0 Å². The molecule has 0 radical (unpaired) electrons. The third kappa shape index (κ3) is 3.56. The molecule has 1 atom stereocenters. The Labute approximate surface area is 88.5 Å². The Morgan fingerprint density at radius 3 is 2.64 bits per heavy atom. The van der Waals surface area contributed by atoms with Gasteiger partial charge in [0.05, 0.1) is 0 Å². The van der Waals surface area contributed by atoms with Gasteiger partial charge in [0.1, 0.15) is 0 Å². The van der Waals surface area contributed by atoms with E-state index in [1.54, 1.807) is 0 Å². The Balaban J connectivity index is 2.21. The van der Waals surface area contributed by atoms with Gasteiger partial charge in [-0.1, -0.05) is 13.8 Å². The topological polar surface area (TPSA) is 18.5 Å². The number of rotatable bonds is 5. The number of nitrogens with zero attached hydrogens (tertiary/aromatic N) is 2. The van der Waals surface area contributed by atoms with E-state index in [0.29, 0.717) is 6.04 Å². The maximum absolute atomic E-state index is 3.42. The van der Waals surface area contributed by atoms with Crippen molar-refractivity contribution >= 4 is 0 Å². The van der Waals surface area contributed by atoms with E-state index in [-0.39, 0.29) is 0 Å². The minimum Gasteiger partial charge on any atom is -0.314 e. The fourth-order valence-electron chi connectivity index (χ4n) is 2.02. The number of likely N-dealkylation sites (N-methyl/N-ethyl adjacent to an activating group) is 1. The highest BCUT2D eigenvalue weighted by atomic mass is 15.2. The Bertz CT molecular complexity index is 145. The average molecular weight is 199 g/mol. The summed E-state index contributed by atoms with van der Waals surface area (Å²) >= 11 is 0. The molecule has 0 saturated carbocycles. The van der Waals surface area contributed by atoms with Gasteiger partial charge in [0.2, 0.25) is 0 Å². The van der Waals surface area contributed by atoms with Crippen LogP contribution >= 0.6 is 0 Å². The van der Waals surface area contributed by atoms with E-state index in [9.17, 15) is 0 Å². The van der Waals surface area contributed by atoms with E-state index in [2.05, 4.69) is 35.9 Å². The summed E-state index contributed by atoms with van der Waals surface area (Å²) in [4.78, 5) is 5.09. The minimum atomic E-state index is 0.708. The number of nitrogens with one attached hydrogen (secondary N) is 1. The second-order valence-corrected chi connectivity index (χ2v) is 4.12. The fourth-order valence-corrected chi connectivity index (χ4v) is 2.02. The van der Waals surface area contributed by atoms with E-state index >= 15 is 0 Å². The molecule has 1 rings (SSSR count). The van der Waals surface area contributed by atoms with Crippen LogP contribution in [0.1, 0.15) is 20.8 Å². The molecule has 84 valence electrons. The molecule has 1 aliphatic heterocycles. The third-order valence-electron chi connectivity index (χ3n) is 3.24. The molecular weight excluding hydrogens is 174 g/mol. The lowest BCUT2D eigenvalue weighted by molar-refractivity contribution is 0.149. The highest BCUT2D eigenvalue weighted by Crippen LogP contribution is 2.02. The van der Waals surface area contributed by atoms with Crippen molar-refractivity contribution < 1.29 is 0 Å². The van der Waals surface area contributed by atoms with Gasteiger partial charge in [0.25, 0.3) is 0 Å². The van der Waals surface area contributed by atoms with Gasteiger partial charge in [-0.2, -0.15) is 0 Å². The van der Waals surface area contributed by atoms with Gasteiger partial charge in [0, 0.05) is 38.8 Å². The van der Waals surface area contributed by atoms with Crippen molar-refractivity contribution in [1.82, 2.24) is 15.1 Å². The average Bonchev–Trinajstić information content (AvgIpc) is 2.22. The second kappa shape index (κ2) is 6.38. The molecular formula is C11H25N3. The summed E-state index contributed by atoms with van der Waals surface area (Å²) < 4.78 is 0. The molecule has 0 aromatic carbocycles. The monoisotopic (exact) mass is 199 g/mol. The zero-order valence-corrected chi connectivity index (χ0v) is 9.92. The first-order chi connectivity index (χ1) is 6.77. The Morgan fingerprint density at radius 1 is 1.36 bits per heavy atom. The van der Waals surface area contributed by atoms with Crippen molar-refractivity contribution in [3.63, 3.8) is 0 Å².